The van der Waals surface area contributed by atoms with Crippen molar-refractivity contribution in [3.8, 4) is 0 Å². The lowest BCUT2D eigenvalue weighted by molar-refractivity contribution is 0.663. The predicted molar refractivity (Wildman–Crippen MR) is 77.5 cm³/mol. The Bertz CT molecular complexity index is 470. The summed E-state index contributed by atoms with van der Waals surface area (Å²) in [4.78, 5) is 2.74. The van der Waals surface area contributed by atoms with E-state index in [1.807, 2.05) is 18.4 Å². The molecule has 0 aromatic carbocycles. The fourth-order valence-corrected chi connectivity index (χ4v) is 2.96. The third kappa shape index (κ3) is 4.56. The number of nitrogens with zero attached hydrogens (tertiary/aromatic N) is 4. The van der Waals surface area contributed by atoms with Gasteiger partial charge in [0.1, 0.15) is 0 Å². The maximum atomic E-state index is 3.91. The van der Waals surface area contributed by atoms with Gasteiger partial charge in [-0.25, -0.2) is 4.68 Å². The number of thiophene rings is 1. The molecule has 0 spiro atoms. The lowest BCUT2D eigenvalue weighted by Gasteiger charge is -2.02. The number of tetrazole rings is 1. The van der Waals surface area contributed by atoms with Gasteiger partial charge < -0.3 is 5.32 Å². The molecule has 0 saturated heterocycles. The Morgan fingerprint density at radius 2 is 2.28 bits per heavy atom. The fourth-order valence-electron chi connectivity index (χ4n) is 1.35. The van der Waals surface area contributed by atoms with Crippen LogP contribution in [0, 0.1) is 6.92 Å². The first-order valence-corrected chi connectivity index (χ1v) is 7.17. The van der Waals surface area contributed by atoms with Crippen LogP contribution in [0.2, 0.25) is 0 Å². The molecule has 0 amide bonds. The molecule has 18 heavy (non-hydrogen) atoms. The van der Waals surface area contributed by atoms with Crippen LogP contribution in [0.15, 0.2) is 17.3 Å². The van der Waals surface area contributed by atoms with E-state index in [0.29, 0.717) is 0 Å². The standard InChI is InChI=1S/C10H15N5S2.ClH/c1-8-3-4-9(17-8)7-11-5-6-16-10-12-13-14-15(10)2;/h3-4,11H,5-7H2,1-2H3;1H. The van der Waals surface area contributed by atoms with Gasteiger partial charge in [0.15, 0.2) is 0 Å². The molecule has 0 atom stereocenters. The molecule has 0 aliphatic carbocycles. The third-order valence-corrected chi connectivity index (χ3v) is 4.20. The van der Waals surface area contributed by atoms with Gasteiger partial charge in [-0.2, -0.15) is 0 Å². The Morgan fingerprint density at radius 1 is 1.44 bits per heavy atom. The Labute approximate surface area is 121 Å². The molecule has 0 fully saturated rings. The summed E-state index contributed by atoms with van der Waals surface area (Å²) in [5, 5.41) is 15.6. The smallest absolute Gasteiger partial charge is 0.209 e. The first-order valence-electron chi connectivity index (χ1n) is 5.37. The van der Waals surface area contributed by atoms with Gasteiger partial charge in [-0.05, 0) is 29.5 Å². The Kier molecular flexibility index (Phi) is 6.62. The quantitative estimate of drug-likeness (QED) is 0.652. The zero-order chi connectivity index (χ0) is 12.1. The highest BCUT2D eigenvalue weighted by Crippen LogP contribution is 2.14. The number of aromatic nitrogens is 4. The molecular formula is C10H16ClN5S2. The van der Waals surface area contributed by atoms with E-state index in [2.05, 4.69) is 39.9 Å². The summed E-state index contributed by atoms with van der Waals surface area (Å²) in [5.74, 6) is 0.971. The van der Waals surface area contributed by atoms with Crippen molar-refractivity contribution in [2.24, 2.45) is 7.05 Å². The van der Waals surface area contributed by atoms with E-state index in [-0.39, 0.29) is 12.4 Å². The largest absolute Gasteiger partial charge is 0.311 e. The molecule has 5 nitrogen and oxygen atoms in total. The maximum absolute atomic E-state index is 3.91. The first-order chi connectivity index (χ1) is 8.25. The van der Waals surface area contributed by atoms with Crippen molar-refractivity contribution in [3.05, 3.63) is 21.9 Å². The number of hydrogen-bond donors (Lipinski definition) is 1. The fraction of sp³-hybridized carbons (Fsp3) is 0.500. The van der Waals surface area contributed by atoms with Crippen LogP contribution in [0.1, 0.15) is 9.75 Å². The first kappa shape index (κ1) is 15.4. The van der Waals surface area contributed by atoms with Crippen molar-refractivity contribution in [3.63, 3.8) is 0 Å². The van der Waals surface area contributed by atoms with Crippen LogP contribution < -0.4 is 5.32 Å². The molecule has 0 aliphatic heterocycles. The van der Waals surface area contributed by atoms with Crippen molar-refractivity contribution in [1.29, 1.82) is 0 Å². The average molecular weight is 306 g/mol. The minimum absolute atomic E-state index is 0. The SMILES string of the molecule is Cc1ccc(CNCCSc2nnnn2C)s1.Cl. The van der Waals surface area contributed by atoms with E-state index in [1.54, 1.807) is 16.4 Å². The molecule has 2 aromatic heterocycles. The van der Waals surface area contributed by atoms with Crippen molar-refractivity contribution in [1.82, 2.24) is 25.5 Å². The van der Waals surface area contributed by atoms with Crippen molar-refractivity contribution in [2.75, 3.05) is 12.3 Å². The van der Waals surface area contributed by atoms with E-state index < -0.39 is 0 Å². The second-order valence-electron chi connectivity index (χ2n) is 3.62. The number of hydrogen-bond acceptors (Lipinski definition) is 6. The molecule has 2 heterocycles. The van der Waals surface area contributed by atoms with Crippen LogP contribution in [0.5, 0.6) is 0 Å². The molecule has 8 heteroatoms. The normalized spacial score (nSPS) is 10.3. The highest BCUT2D eigenvalue weighted by Gasteiger charge is 2.01. The molecular weight excluding hydrogens is 290 g/mol. The second-order valence-corrected chi connectivity index (χ2v) is 6.06. The molecule has 0 saturated carbocycles. The van der Waals surface area contributed by atoms with E-state index >= 15 is 0 Å². The van der Waals surface area contributed by atoms with Gasteiger partial charge in [-0.1, -0.05) is 11.8 Å². The summed E-state index contributed by atoms with van der Waals surface area (Å²) in [5.41, 5.74) is 0. The van der Waals surface area contributed by atoms with Gasteiger partial charge in [0, 0.05) is 35.6 Å². The highest BCUT2D eigenvalue weighted by molar-refractivity contribution is 7.99. The number of nitrogens with one attached hydrogen (secondary N) is 1. The number of halogens is 1. The molecule has 0 aliphatic rings. The van der Waals surface area contributed by atoms with Gasteiger partial charge in [0.05, 0.1) is 0 Å². The molecule has 0 radical (unpaired) electrons. The van der Waals surface area contributed by atoms with Gasteiger partial charge in [0.25, 0.3) is 0 Å². The van der Waals surface area contributed by atoms with E-state index in [0.717, 1.165) is 24.0 Å². The summed E-state index contributed by atoms with van der Waals surface area (Å²) in [6.45, 7) is 4.02. The van der Waals surface area contributed by atoms with Gasteiger partial charge >= 0.3 is 0 Å². The predicted octanol–water partition coefficient (Wildman–Crippen LogP) is 1.88. The van der Waals surface area contributed by atoms with Crippen LogP contribution in [0.3, 0.4) is 0 Å². The van der Waals surface area contributed by atoms with E-state index in [9.17, 15) is 0 Å². The van der Waals surface area contributed by atoms with E-state index in [1.165, 1.54) is 9.75 Å². The summed E-state index contributed by atoms with van der Waals surface area (Å²) in [7, 11) is 1.85. The maximum Gasteiger partial charge on any atom is 0.209 e. The van der Waals surface area contributed by atoms with Crippen molar-refractivity contribution >= 4 is 35.5 Å². The van der Waals surface area contributed by atoms with Crippen LogP contribution in [-0.2, 0) is 13.6 Å². The monoisotopic (exact) mass is 305 g/mol. The van der Waals surface area contributed by atoms with Crippen LogP contribution in [0.4, 0.5) is 0 Å². The summed E-state index contributed by atoms with van der Waals surface area (Å²) < 4.78 is 1.69. The molecule has 1 N–H and O–H groups in total. The Balaban J connectivity index is 0.00000162. The number of thioether (sulfide) groups is 1. The van der Waals surface area contributed by atoms with Gasteiger partial charge in [-0.15, -0.1) is 28.8 Å². The molecule has 0 bridgehead atoms. The molecule has 0 unspecified atom stereocenters. The highest BCUT2D eigenvalue weighted by atomic mass is 35.5. The second kappa shape index (κ2) is 7.73. The minimum atomic E-state index is 0. The van der Waals surface area contributed by atoms with Crippen LogP contribution in [0.25, 0.3) is 0 Å². The summed E-state index contributed by atoms with van der Waals surface area (Å²) >= 11 is 3.50. The molecule has 2 aromatic rings. The topological polar surface area (TPSA) is 55.6 Å². The van der Waals surface area contributed by atoms with Crippen LogP contribution in [-0.4, -0.2) is 32.5 Å². The minimum Gasteiger partial charge on any atom is -0.311 e. The lowest BCUT2D eigenvalue weighted by atomic mass is 10.4. The van der Waals surface area contributed by atoms with Gasteiger partial charge in [-0.3, -0.25) is 0 Å². The number of rotatable bonds is 6. The summed E-state index contributed by atoms with van der Waals surface area (Å²) in [6.07, 6.45) is 0. The average Bonchev–Trinajstić information content (AvgIpc) is 2.88. The lowest BCUT2D eigenvalue weighted by Crippen LogP contribution is -2.16. The van der Waals surface area contributed by atoms with E-state index in [4.69, 9.17) is 0 Å². The van der Waals surface area contributed by atoms with Crippen LogP contribution >= 0.6 is 35.5 Å². The van der Waals surface area contributed by atoms with Crippen molar-refractivity contribution < 1.29 is 0 Å². The number of aryl methyl sites for hydroxylation is 2. The Morgan fingerprint density at radius 3 is 2.89 bits per heavy atom. The van der Waals surface area contributed by atoms with Gasteiger partial charge in [0.2, 0.25) is 5.16 Å². The molecule has 2 rings (SSSR count). The van der Waals surface area contributed by atoms with Crippen molar-refractivity contribution in [2.45, 2.75) is 18.6 Å². The zero-order valence-corrected chi connectivity index (χ0v) is 12.7. The molecule has 100 valence electrons. The zero-order valence-electron chi connectivity index (χ0n) is 10.3. The Hall–Kier alpha value is -0.630. The summed E-state index contributed by atoms with van der Waals surface area (Å²) in [6, 6.07) is 4.33. The third-order valence-electron chi connectivity index (χ3n) is 2.19.